The highest BCUT2D eigenvalue weighted by Gasteiger charge is 2.30. The minimum atomic E-state index is -0.250. The second-order valence-corrected chi connectivity index (χ2v) is 9.62. The molecule has 0 spiro atoms. The molecular formula is C28H30N6O4. The standard InChI is InChI=1S/C28H30N6O4/c1-17-15-38-16-19-6-9-24(37-3)22(12-19)31-26-21-10-11-33(14-18-4-7-20(36-2)8-5-18)25(21)27-29-13-23(28(35)30-17)34(27)32-26/h4-9,12-13,17H,10-11,14-16H2,1-3H3,(H,30,35)(H,31,32)/t17-/m1/s1. The van der Waals surface area contributed by atoms with Crippen molar-refractivity contribution in [3.05, 3.63) is 71.0 Å². The maximum Gasteiger partial charge on any atom is 0.271 e. The predicted molar refractivity (Wildman–Crippen MR) is 144 cm³/mol. The van der Waals surface area contributed by atoms with Gasteiger partial charge in [-0.25, -0.2) is 9.50 Å². The van der Waals surface area contributed by atoms with Crippen LogP contribution in [0.1, 0.15) is 34.1 Å². The Balaban J connectivity index is 1.49. The maximum absolute atomic E-state index is 13.2. The summed E-state index contributed by atoms with van der Waals surface area (Å²) >= 11 is 0. The number of hydrogen-bond acceptors (Lipinski definition) is 8. The van der Waals surface area contributed by atoms with Crippen molar-refractivity contribution >= 4 is 28.7 Å². The van der Waals surface area contributed by atoms with Crippen molar-refractivity contribution in [2.75, 3.05) is 37.6 Å². The van der Waals surface area contributed by atoms with Crippen LogP contribution in [0, 0.1) is 0 Å². The normalized spacial score (nSPS) is 17.1. The number of carbonyl (C=O) groups excluding carboxylic acids is 1. The topological polar surface area (TPSA) is 102 Å². The number of hydrogen-bond donors (Lipinski definition) is 2. The lowest BCUT2D eigenvalue weighted by Gasteiger charge is -2.22. The molecule has 2 N–H and O–H groups in total. The molecule has 6 rings (SSSR count). The van der Waals surface area contributed by atoms with E-state index in [0.717, 1.165) is 46.8 Å². The largest absolute Gasteiger partial charge is 0.497 e. The summed E-state index contributed by atoms with van der Waals surface area (Å²) in [6, 6.07) is 13.8. The zero-order chi connectivity index (χ0) is 26.2. The molecule has 2 aromatic heterocycles. The van der Waals surface area contributed by atoms with E-state index in [2.05, 4.69) is 32.7 Å². The molecule has 2 aliphatic heterocycles. The number of nitrogens with one attached hydrogen (secondary N) is 2. The van der Waals surface area contributed by atoms with Crippen LogP contribution in [0.2, 0.25) is 0 Å². The van der Waals surface area contributed by atoms with Gasteiger partial charge in [-0.15, -0.1) is 5.10 Å². The van der Waals surface area contributed by atoms with E-state index in [1.54, 1.807) is 24.9 Å². The first-order valence-corrected chi connectivity index (χ1v) is 12.6. The van der Waals surface area contributed by atoms with Crippen molar-refractivity contribution in [3.63, 3.8) is 0 Å². The van der Waals surface area contributed by atoms with Gasteiger partial charge in [0.2, 0.25) is 0 Å². The van der Waals surface area contributed by atoms with Crippen LogP contribution < -0.4 is 25.0 Å². The summed E-state index contributed by atoms with van der Waals surface area (Å²) in [5.41, 5.74) is 5.96. The number of benzene rings is 2. The van der Waals surface area contributed by atoms with E-state index >= 15 is 0 Å². The summed E-state index contributed by atoms with van der Waals surface area (Å²) in [5, 5.41) is 11.4. The maximum atomic E-state index is 13.2. The lowest BCUT2D eigenvalue weighted by atomic mass is 10.1. The summed E-state index contributed by atoms with van der Waals surface area (Å²) in [6.45, 7) is 4.20. The van der Waals surface area contributed by atoms with Crippen LogP contribution in [0.15, 0.2) is 48.7 Å². The first kappa shape index (κ1) is 24.1. The smallest absolute Gasteiger partial charge is 0.271 e. The molecule has 0 saturated carbocycles. The minimum absolute atomic E-state index is 0.188. The second-order valence-electron chi connectivity index (χ2n) is 9.62. The van der Waals surface area contributed by atoms with E-state index in [4.69, 9.17) is 19.3 Å². The van der Waals surface area contributed by atoms with Crippen LogP contribution in [0.3, 0.4) is 0 Å². The van der Waals surface area contributed by atoms with Crippen LogP contribution in [0.5, 0.6) is 11.5 Å². The van der Waals surface area contributed by atoms with Gasteiger partial charge < -0.3 is 29.7 Å². The van der Waals surface area contributed by atoms with Crippen LogP contribution in [0.4, 0.5) is 17.2 Å². The van der Waals surface area contributed by atoms with Crippen LogP contribution >= 0.6 is 0 Å². The van der Waals surface area contributed by atoms with Crippen molar-refractivity contribution in [3.8, 4) is 11.5 Å². The number of anilines is 3. The molecule has 4 heterocycles. The molecule has 0 unspecified atom stereocenters. The Hall–Kier alpha value is -4.31. The first-order valence-electron chi connectivity index (χ1n) is 12.6. The third kappa shape index (κ3) is 4.37. The fourth-order valence-electron chi connectivity index (χ4n) is 5.07. The van der Waals surface area contributed by atoms with Gasteiger partial charge in [0.05, 0.1) is 45.0 Å². The number of rotatable bonds is 4. The molecule has 0 aliphatic carbocycles. The number of carbonyl (C=O) groups is 1. The molecule has 4 bridgehead atoms. The molecule has 10 heteroatoms. The molecule has 0 saturated heterocycles. The van der Waals surface area contributed by atoms with E-state index in [9.17, 15) is 4.79 Å². The number of amides is 1. The molecule has 1 atom stereocenters. The van der Waals surface area contributed by atoms with Crippen molar-refractivity contribution in [2.24, 2.45) is 0 Å². The van der Waals surface area contributed by atoms with Crippen LogP contribution in [-0.2, 0) is 24.3 Å². The summed E-state index contributed by atoms with van der Waals surface area (Å²) in [6.07, 6.45) is 2.38. The molecule has 1 amide bonds. The van der Waals surface area contributed by atoms with Gasteiger partial charge in [-0.3, -0.25) is 4.79 Å². The van der Waals surface area contributed by atoms with Crippen molar-refractivity contribution < 1.29 is 19.0 Å². The SMILES string of the molecule is COc1ccc(CN2CCc3c4nn5c(cnc5c32)C(=O)N[C@H](C)COCc2ccc(OC)c(c2)N4)cc1. The summed E-state index contributed by atoms with van der Waals surface area (Å²) in [7, 11) is 3.31. The zero-order valence-corrected chi connectivity index (χ0v) is 21.7. The molecule has 0 radical (unpaired) electrons. The lowest BCUT2D eigenvalue weighted by molar-refractivity contribution is 0.0815. The van der Waals surface area contributed by atoms with Gasteiger partial charge in [0.1, 0.15) is 11.5 Å². The quantitative estimate of drug-likeness (QED) is 0.425. The molecule has 10 nitrogen and oxygen atoms in total. The zero-order valence-electron chi connectivity index (χ0n) is 21.7. The van der Waals surface area contributed by atoms with Gasteiger partial charge in [-0.2, -0.15) is 0 Å². The third-order valence-corrected chi connectivity index (χ3v) is 6.97. The molecule has 196 valence electrons. The van der Waals surface area contributed by atoms with Crippen LogP contribution in [-0.4, -0.2) is 53.9 Å². The monoisotopic (exact) mass is 514 g/mol. The Labute approximate surface area is 220 Å². The molecular weight excluding hydrogens is 484 g/mol. The number of nitrogens with zero attached hydrogens (tertiary/aromatic N) is 4. The molecule has 2 aromatic carbocycles. The highest BCUT2D eigenvalue weighted by Crippen LogP contribution is 2.39. The first-order chi connectivity index (χ1) is 18.5. The van der Waals surface area contributed by atoms with Crippen LogP contribution in [0.25, 0.3) is 5.65 Å². The number of fused-ring (bicyclic) bond motifs is 6. The van der Waals surface area contributed by atoms with Gasteiger partial charge in [0, 0.05) is 24.7 Å². The summed E-state index contributed by atoms with van der Waals surface area (Å²) in [5.74, 6) is 1.93. The number of ether oxygens (including phenoxy) is 3. The highest BCUT2D eigenvalue weighted by molar-refractivity contribution is 5.95. The summed E-state index contributed by atoms with van der Waals surface area (Å²) in [4.78, 5) is 20.2. The van der Waals surface area contributed by atoms with E-state index < -0.39 is 0 Å². The van der Waals surface area contributed by atoms with Gasteiger partial charge in [-0.05, 0) is 48.7 Å². The fourth-order valence-corrected chi connectivity index (χ4v) is 5.07. The molecule has 2 aliphatic rings. The second kappa shape index (κ2) is 9.86. The number of imidazole rings is 1. The van der Waals surface area contributed by atoms with Crippen molar-refractivity contribution in [2.45, 2.75) is 32.5 Å². The highest BCUT2D eigenvalue weighted by atomic mass is 16.5. The molecule has 38 heavy (non-hydrogen) atoms. The van der Waals surface area contributed by atoms with Crippen molar-refractivity contribution in [1.29, 1.82) is 0 Å². The minimum Gasteiger partial charge on any atom is -0.497 e. The van der Waals surface area contributed by atoms with Gasteiger partial charge in [0.25, 0.3) is 5.91 Å². The predicted octanol–water partition coefficient (Wildman–Crippen LogP) is 3.70. The molecule has 4 aromatic rings. The van der Waals surface area contributed by atoms with E-state index in [1.807, 2.05) is 37.3 Å². The third-order valence-electron chi connectivity index (χ3n) is 6.97. The van der Waals surface area contributed by atoms with E-state index in [0.29, 0.717) is 42.7 Å². The average molecular weight is 515 g/mol. The Bertz CT molecular complexity index is 1500. The Morgan fingerprint density at radius 1 is 1.13 bits per heavy atom. The summed E-state index contributed by atoms with van der Waals surface area (Å²) < 4.78 is 18.5. The van der Waals surface area contributed by atoms with Crippen molar-refractivity contribution in [1.82, 2.24) is 19.9 Å². The van der Waals surface area contributed by atoms with E-state index in [1.165, 1.54) is 0 Å². The number of methoxy groups -OCH3 is 2. The van der Waals surface area contributed by atoms with Gasteiger partial charge in [-0.1, -0.05) is 18.2 Å². The Morgan fingerprint density at radius 2 is 1.97 bits per heavy atom. The average Bonchev–Trinajstić information content (AvgIpc) is 3.53. The van der Waals surface area contributed by atoms with E-state index in [-0.39, 0.29) is 11.9 Å². The van der Waals surface area contributed by atoms with Gasteiger partial charge >= 0.3 is 0 Å². The Kier molecular flexibility index (Phi) is 6.24. The number of aromatic nitrogens is 3. The van der Waals surface area contributed by atoms with Gasteiger partial charge in [0.15, 0.2) is 17.2 Å². The fraction of sp³-hybridized carbons (Fsp3) is 0.321. The lowest BCUT2D eigenvalue weighted by Crippen LogP contribution is -2.36. The molecule has 0 fully saturated rings. The Morgan fingerprint density at radius 3 is 2.76 bits per heavy atom.